The first-order chi connectivity index (χ1) is 7.27. The maximum absolute atomic E-state index is 9.22. The van der Waals surface area contributed by atoms with Crippen molar-refractivity contribution in [1.82, 2.24) is 0 Å². The van der Waals surface area contributed by atoms with Crippen molar-refractivity contribution in [2.24, 2.45) is 5.92 Å². The van der Waals surface area contributed by atoms with Gasteiger partial charge in [-0.05, 0) is 31.4 Å². The first-order valence-corrected chi connectivity index (χ1v) is 5.51. The van der Waals surface area contributed by atoms with Crippen LogP contribution in [0.1, 0.15) is 18.1 Å². The number of ether oxygens (including phenoxy) is 1. The van der Waals surface area contributed by atoms with Gasteiger partial charge in [0.05, 0.1) is 6.61 Å². The summed E-state index contributed by atoms with van der Waals surface area (Å²) in [6.07, 6.45) is 0.892. The van der Waals surface area contributed by atoms with Crippen LogP contribution in [0.5, 0.6) is 0 Å². The molecule has 0 bridgehead atoms. The van der Waals surface area contributed by atoms with Crippen LogP contribution in [0.2, 0.25) is 0 Å². The van der Waals surface area contributed by atoms with Crippen molar-refractivity contribution >= 4 is 0 Å². The highest BCUT2D eigenvalue weighted by molar-refractivity contribution is 5.25. The van der Waals surface area contributed by atoms with Gasteiger partial charge in [0.15, 0.2) is 0 Å². The van der Waals surface area contributed by atoms with Crippen molar-refractivity contribution in [3.8, 4) is 0 Å². The Bertz CT molecular complexity index is 284. The predicted molar refractivity (Wildman–Crippen MR) is 62.0 cm³/mol. The summed E-state index contributed by atoms with van der Waals surface area (Å²) in [6, 6.07) is 8.29. The third kappa shape index (κ3) is 4.02. The monoisotopic (exact) mass is 208 g/mol. The van der Waals surface area contributed by atoms with Crippen molar-refractivity contribution < 1.29 is 9.84 Å². The summed E-state index contributed by atoms with van der Waals surface area (Å²) < 4.78 is 5.34. The highest BCUT2D eigenvalue weighted by Gasteiger charge is 2.09. The Balaban J connectivity index is 2.54. The average molecular weight is 208 g/mol. The van der Waals surface area contributed by atoms with E-state index in [4.69, 9.17) is 4.74 Å². The van der Waals surface area contributed by atoms with Gasteiger partial charge in [-0.15, -0.1) is 0 Å². The lowest BCUT2D eigenvalue weighted by Gasteiger charge is -2.15. The molecule has 0 aliphatic carbocycles. The Kier molecular flexibility index (Phi) is 5.37. The summed E-state index contributed by atoms with van der Waals surface area (Å²) in [5.74, 6) is 0.214. The second-order valence-electron chi connectivity index (χ2n) is 3.84. The predicted octanol–water partition coefficient (Wildman–Crippen LogP) is 2.18. The van der Waals surface area contributed by atoms with E-state index in [9.17, 15) is 5.11 Å². The van der Waals surface area contributed by atoms with Crippen LogP contribution >= 0.6 is 0 Å². The number of benzene rings is 1. The second kappa shape index (κ2) is 6.59. The van der Waals surface area contributed by atoms with Gasteiger partial charge in [0.2, 0.25) is 0 Å². The van der Waals surface area contributed by atoms with Crippen LogP contribution in [-0.2, 0) is 11.2 Å². The van der Waals surface area contributed by atoms with Crippen molar-refractivity contribution in [3.63, 3.8) is 0 Å². The minimum absolute atomic E-state index is 0.189. The van der Waals surface area contributed by atoms with Gasteiger partial charge < -0.3 is 9.84 Å². The molecule has 0 aromatic heterocycles. The number of aryl methyl sites for hydroxylation is 1. The van der Waals surface area contributed by atoms with E-state index in [1.165, 1.54) is 11.1 Å². The van der Waals surface area contributed by atoms with Crippen LogP contribution in [0.3, 0.4) is 0 Å². The lowest BCUT2D eigenvalue weighted by Crippen LogP contribution is -2.17. The van der Waals surface area contributed by atoms with E-state index < -0.39 is 0 Å². The first kappa shape index (κ1) is 12.2. The summed E-state index contributed by atoms with van der Waals surface area (Å²) >= 11 is 0. The molecule has 1 atom stereocenters. The van der Waals surface area contributed by atoms with Crippen LogP contribution < -0.4 is 0 Å². The molecule has 2 heteroatoms. The molecule has 0 aliphatic rings. The van der Waals surface area contributed by atoms with E-state index in [0.717, 1.165) is 6.42 Å². The normalized spacial score (nSPS) is 12.7. The molecule has 0 spiro atoms. The molecule has 0 fully saturated rings. The van der Waals surface area contributed by atoms with Gasteiger partial charge in [0.1, 0.15) is 0 Å². The molecule has 0 saturated carbocycles. The van der Waals surface area contributed by atoms with Crippen molar-refractivity contribution in [2.75, 3.05) is 19.8 Å². The van der Waals surface area contributed by atoms with Crippen molar-refractivity contribution in [1.29, 1.82) is 0 Å². The molecule has 1 unspecified atom stereocenters. The molecule has 15 heavy (non-hydrogen) atoms. The van der Waals surface area contributed by atoms with Crippen LogP contribution in [0.4, 0.5) is 0 Å². The fraction of sp³-hybridized carbons (Fsp3) is 0.538. The standard InChI is InChI=1S/C13H20O2/c1-3-15-10-12(9-14)8-13-7-5-4-6-11(13)2/h4-7,12,14H,3,8-10H2,1-2H3. The zero-order valence-corrected chi connectivity index (χ0v) is 9.57. The molecule has 84 valence electrons. The van der Waals surface area contributed by atoms with Crippen molar-refractivity contribution in [2.45, 2.75) is 20.3 Å². The maximum atomic E-state index is 9.22. The van der Waals surface area contributed by atoms with Crippen LogP contribution in [-0.4, -0.2) is 24.9 Å². The smallest absolute Gasteiger partial charge is 0.0519 e. The van der Waals surface area contributed by atoms with E-state index in [-0.39, 0.29) is 12.5 Å². The quantitative estimate of drug-likeness (QED) is 0.776. The summed E-state index contributed by atoms with van der Waals surface area (Å²) in [6.45, 7) is 5.62. The number of aliphatic hydroxyl groups excluding tert-OH is 1. The summed E-state index contributed by atoms with van der Waals surface area (Å²) in [5, 5.41) is 9.22. The van der Waals surface area contributed by atoms with Gasteiger partial charge in [-0.1, -0.05) is 24.3 Å². The number of hydrogen-bond acceptors (Lipinski definition) is 2. The third-order valence-electron chi connectivity index (χ3n) is 2.59. The van der Waals surface area contributed by atoms with Crippen LogP contribution in [0.15, 0.2) is 24.3 Å². The summed E-state index contributed by atoms with van der Waals surface area (Å²) in [7, 11) is 0. The Labute approximate surface area is 91.9 Å². The minimum atomic E-state index is 0.189. The van der Waals surface area contributed by atoms with Gasteiger partial charge in [0.25, 0.3) is 0 Å². The largest absolute Gasteiger partial charge is 0.396 e. The molecule has 1 N–H and O–H groups in total. The minimum Gasteiger partial charge on any atom is -0.396 e. The molecule has 1 rings (SSSR count). The van der Waals surface area contributed by atoms with Crippen molar-refractivity contribution in [3.05, 3.63) is 35.4 Å². The van der Waals surface area contributed by atoms with E-state index in [1.807, 2.05) is 19.1 Å². The van der Waals surface area contributed by atoms with Gasteiger partial charge in [-0.2, -0.15) is 0 Å². The van der Waals surface area contributed by atoms with E-state index in [1.54, 1.807) is 0 Å². The lowest BCUT2D eigenvalue weighted by atomic mass is 9.97. The molecule has 2 nitrogen and oxygen atoms in total. The first-order valence-electron chi connectivity index (χ1n) is 5.51. The Morgan fingerprint density at radius 3 is 2.67 bits per heavy atom. The molecular weight excluding hydrogens is 188 g/mol. The Hall–Kier alpha value is -0.860. The maximum Gasteiger partial charge on any atom is 0.0519 e. The molecule has 0 aliphatic heterocycles. The summed E-state index contributed by atoms with van der Waals surface area (Å²) in [5.41, 5.74) is 2.59. The second-order valence-corrected chi connectivity index (χ2v) is 3.84. The van der Waals surface area contributed by atoms with E-state index in [2.05, 4.69) is 19.1 Å². The molecule has 1 aromatic rings. The molecular formula is C13H20O2. The highest BCUT2D eigenvalue weighted by Crippen LogP contribution is 2.13. The SMILES string of the molecule is CCOCC(CO)Cc1ccccc1C. The molecule has 0 heterocycles. The van der Waals surface area contributed by atoms with Crippen LogP contribution in [0.25, 0.3) is 0 Å². The van der Waals surface area contributed by atoms with E-state index >= 15 is 0 Å². The van der Waals surface area contributed by atoms with Crippen LogP contribution in [0, 0.1) is 12.8 Å². The highest BCUT2D eigenvalue weighted by atomic mass is 16.5. The number of aliphatic hydroxyl groups is 1. The van der Waals surface area contributed by atoms with Gasteiger partial charge in [-0.3, -0.25) is 0 Å². The number of rotatable bonds is 6. The zero-order valence-electron chi connectivity index (χ0n) is 9.57. The third-order valence-corrected chi connectivity index (χ3v) is 2.59. The topological polar surface area (TPSA) is 29.5 Å². The lowest BCUT2D eigenvalue weighted by molar-refractivity contribution is 0.0809. The molecule has 0 radical (unpaired) electrons. The molecule has 0 amide bonds. The van der Waals surface area contributed by atoms with Gasteiger partial charge in [0, 0.05) is 19.1 Å². The fourth-order valence-electron chi connectivity index (χ4n) is 1.61. The summed E-state index contributed by atoms with van der Waals surface area (Å²) in [4.78, 5) is 0. The Morgan fingerprint density at radius 2 is 2.07 bits per heavy atom. The molecule has 0 saturated heterocycles. The zero-order chi connectivity index (χ0) is 11.1. The van der Waals surface area contributed by atoms with E-state index in [0.29, 0.717) is 13.2 Å². The van der Waals surface area contributed by atoms with Gasteiger partial charge >= 0.3 is 0 Å². The number of hydrogen-bond donors (Lipinski definition) is 1. The molecule has 1 aromatic carbocycles. The van der Waals surface area contributed by atoms with Gasteiger partial charge in [-0.25, -0.2) is 0 Å². The Morgan fingerprint density at radius 1 is 1.33 bits per heavy atom. The fourth-order valence-corrected chi connectivity index (χ4v) is 1.61. The average Bonchev–Trinajstić information content (AvgIpc) is 2.26.